The molecule has 0 radical (unpaired) electrons. The number of rotatable bonds is 9. The van der Waals surface area contributed by atoms with E-state index in [1.165, 1.54) is 0 Å². The molecule has 5 N–H and O–H groups in total. The maximum Gasteiger partial charge on any atom is 0.215 e. The summed E-state index contributed by atoms with van der Waals surface area (Å²) < 4.78 is 5.77. The lowest BCUT2D eigenvalue weighted by atomic mass is 9.92. The van der Waals surface area contributed by atoms with Gasteiger partial charge in [0.15, 0.2) is 23.7 Å². The van der Waals surface area contributed by atoms with Crippen molar-refractivity contribution < 1.29 is 4.74 Å². The Kier molecular flexibility index (Phi) is 9.53. The van der Waals surface area contributed by atoms with E-state index in [4.69, 9.17) is 36.6 Å². The summed E-state index contributed by atoms with van der Waals surface area (Å²) in [7, 11) is 0. The molecule has 0 spiro atoms. The number of hydrogen-bond donors (Lipinski definition) is 3. The Hall–Kier alpha value is -7.22. The Morgan fingerprint density at radius 3 is 1.37 bits per heavy atom. The normalized spacial score (nSPS) is 11.5. The van der Waals surface area contributed by atoms with Crippen molar-refractivity contribution in [2.75, 3.05) is 5.73 Å². The molecule has 0 fully saturated rings. The Balaban J connectivity index is 1.13. The highest BCUT2D eigenvalue weighted by Gasteiger charge is 2.15. The third kappa shape index (κ3) is 7.39. The molecule has 0 saturated heterocycles. The molecule has 0 aliphatic heterocycles. The maximum atomic E-state index is 8.56. The van der Waals surface area contributed by atoms with Gasteiger partial charge in [0.25, 0.3) is 0 Å². The first-order valence-electron chi connectivity index (χ1n) is 17.6. The zero-order chi connectivity index (χ0) is 36.9. The van der Waals surface area contributed by atoms with Crippen molar-refractivity contribution in [3.63, 3.8) is 0 Å². The Labute approximate surface area is 314 Å². The summed E-state index contributed by atoms with van der Waals surface area (Å²) in [6, 6.07) is 59.8. The highest BCUT2D eigenvalue weighted by Crippen LogP contribution is 2.36. The lowest BCUT2D eigenvalue weighted by Gasteiger charge is -2.16. The summed E-state index contributed by atoms with van der Waals surface area (Å²) in [4.78, 5) is 14.6. The molecular formula is C47H36N6O. The van der Waals surface area contributed by atoms with Gasteiger partial charge >= 0.3 is 0 Å². The molecule has 260 valence electrons. The molecule has 1 heterocycles. The molecular weight excluding hydrogens is 665 g/mol. The number of anilines is 1. The highest BCUT2D eigenvalue weighted by molar-refractivity contribution is 5.93. The van der Waals surface area contributed by atoms with Crippen molar-refractivity contribution in [3.8, 4) is 67.5 Å². The van der Waals surface area contributed by atoms with E-state index in [0.29, 0.717) is 28.7 Å². The molecule has 0 aliphatic rings. The van der Waals surface area contributed by atoms with Crippen molar-refractivity contribution in [2.45, 2.75) is 6.23 Å². The number of nitrogen functional groups attached to an aromatic ring is 1. The lowest BCUT2D eigenvalue weighted by molar-refractivity contribution is 0.199. The Morgan fingerprint density at radius 1 is 0.444 bits per heavy atom. The van der Waals surface area contributed by atoms with Crippen LogP contribution in [0.15, 0.2) is 182 Å². The van der Waals surface area contributed by atoms with Gasteiger partial charge in [0, 0.05) is 39.1 Å². The van der Waals surface area contributed by atoms with Gasteiger partial charge in [-0.05, 0) is 64.2 Å². The maximum absolute atomic E-state index is 8.56. The van der Waals surface area contributed by atoms with E-state index < -0.39 is 6.23 Å². The first-order chi connectivity index (χ1) is 26.5. The van der Waals surface area contributed by atoms with Crippen LogP contribution in [0.4, 0.5) is 5.69 Å². The first-order valence-corrected chi connectivity index (χ1v) is 17.6. The molecule has 1 atom stereocenters. The number of benzene rings is 7. The minimum absolute atomic E-state index is 0.00875. The fraction of sp³-hybridized carbons (Fsp3) is 0.0213. The molecule has 0 amide bonds. The van der Waals surface area contributed by atoms with E-state index >= 15 is 0 Å². The smallest absolute Gasteiger partial charge is 0.215 e. The molecule has 8 rings (SSSR count). The SMILES string of the molecule is N=C(OC(N)c1ccccc1)c1ccc(-c2cc(-c3ccc(-c4nc(-c5ccccc5)nc(-c5ccccc5)n4)cc3)cc(-c3ccccc3N)c2)cc1. The largest absolute Gasteiger partial charge is 0.454 e. The third-order valence-corrected chi connectivity index (χ3v) is 9.23. The number of nitrogens with two attached hydrogens (primary N) is 2. The second kappa shape index (κ2) is 15.2. The van der Waals surface area contributed by atoms with Crippen LogP contribution in [0.1, 0.15) is 17.4 Å². The fourth-order valence-corrected chi connectivity index (χ4v) is 6.35. The second-order valence-corrected chi connectivity index (χ2v) is 12.9. The van der Waals surface area contributed by atoms with Crippen LogP contribution in [-0.4, -0.2) is 20.8 Å². The number of nitrogens with one attached hydrogen (secondary N) is 1. The van der Waals surface area contributed by atoms with Crippen molar-refractivity contribution in [2.24, 2.45) is 5.73 Å². The molecule has 0 bridgehead atoms. The number of hydrogen-bond acceptors (Lipinski definition) is 7. The van der Waals surface area contributed by atoms with Gasteiger partial charge in [0.1, 0.15) is 0 Å². The number of para-hydroxylation sites is 1. The average molecular weight is 701 g/mol. The third-order valence-electron chi connectivity index (χ3n) is 9.23. The number of nitrogens with zero attached hydrogens (tertiary/aromatic N) is 3. The lowest BCUT2D eigenvalue weighted by Crippen LogP contribution is -2.19. The van der Waals surface area contributed by atoms with E-state index in [-0.39, 0.29) is 5.90 Å². The molecule has 7 heteroatoms. The van der Waals surface area contributed by atoms with Crippen LogP contribution in [0.3, 0.4) is 0 Å². The Morgan fingerprint density at radius 2 is 0.852 bits per heavy atom. The highest BCUT2D eigenvalue weighted by atomic mass is 16.5. The predicted molar refractivity (Wildman–Crippen MR) is 218 cm³/mol. The summed E-state index contributed by atoms with van der Waals surface area (Å²) >= 11 is 0. The topological polar surface area (TPSA) is 124 Å². The zero-order valence-corrected chi connectivity index (χ0v) is 29.3. The molecule has 7 nitrogen and oxygen atoms in total. The van der Waals surface area contributed by atoms with Crippen LogP contribution in [0.5, 0.6) is 0 Å². The standard InChI is InChI=1S/C47H36N6O/c48-42-19-11-10-18-41(42)40-29-38(31-20-24-34(25-21-31)44(50)54-43(49)33-12-4-1-5-13-33)28-39(30-40)32-22-26-37(27-23-32)47-52-45(35-14-6-2-7-15-35)51-46(53-47)36-16-8-3-9-17-36/h1-30,43,50H,48-49H2. The van der Waals surface area contributed by atoms with E-state index in [0.717, 1.165) is 55.6 Å². The van der Waals surface area contributed by atoms with Crippen LogP contribution in [-0.2, 0) is 4.74 Å². The van der Waals surface area contributed by atoms with Gasteiger partial charge in [-0.1, -0.05) is 146 Å². The van der Waals surface area contributed by atoms with Gasteiger partial charge in [-0.2, -0.15) is 0 Å². The van der Waals surface area contributed by atoms with Crippen molar-refractivity contribution in [1.82, 2.24) is 15.0 Å². The van der Waals surface area contributed by atoms with Crippen LogP contribution in [0, 0.1) is 5.41 Å². The molecule has 1 unspecified atom stereocenters. The van der Waals surface area contributed by atoms with E-state index in [2.05, 4.69) is 42.5 Å². The number of aromatic nitrogens is 3. The van der Waals surface area contributed by atoms with E-state index in [1.54, 1.807) is 0 Å². The monoisotopic (exact) mass is 700 g/mol. The zero-order valence-electron chi connectivity index (χ0n) is 29.3. The summed E-state index contributed by atoms with van der Waals surface area (Å²) in [5, 5.41) is 8.56. The average Bonchev–Trinajstić information content (AvgIpc) is 3.24. The van der Waals surface area contributed by atoms with Gasteiger partial charge in [-0.15, -0.1) is 0 Å². The summed E-state index contributed by atoms with van der Waals surface area (Å²) in [5.74, 6) is 1.84. The van der Waals surface area contributed by atoms with Gasteiger partial charge in [-0.25, -0.2) is 15.0 Å². The van der Waals surface area contributed by atoms with Crippen LogP contribution in [0.2, 0.25) is 0 Å². The van der Waals surface area contributed by atoms with Crippen LogP contribution >= 0.6 is 0 Å². The summed E-state index contributed by atoms with van der Waals surface area (Å²) in [6.07, 6.45) is -0.734. The van der Waals surface area contributed by atoms with Gasteiger partial charge < -0.3 is 10.5 Å². The summed E-state index contributed by atoms with van der Waals surface area (Å²) in [6.45, 7) is 0. The van der Waals surface area contributed by atoms with Gasteiger partial charge in [-0.3, -0.25) is 11.1 Å². The van der Waals surface area contributed by atoms with Crippen LogP contribution < -0.4 is 11.5 Å². The van der Waals surface area contributed by atoms with Crippen LogP contribution in [0.25, 0.3) is 67.5 Å². The first kappa shape index (κ1) is 33.9. The van der Waals surface area contributed by atoms with E-state index in [9.17, 15) is 0 Å². The molecule has 54 heavy (non-hydrogen) atoms. The molecule has 0 saturated carbocycles. The van der Waals surface area contributed by atoms with Gasteiger partial charge in [0.05, 0.1) is 0 Å². The Bertz CT molecular complexity index is 2480. The van der Waals surface area contributed by atoms with Crippen molar-refractivity contribution >= 4 is 11.6 Å². The summed E-state index contributed by atoms with van der Waals surface area (Å²) in [5.41, 5.74) is 23.6. The fourth-order valence-electron chi connectivity index (χ4n) is 6.35. The second-order valence-electron chi connectivity index (χ2n) is 12.9. The number of ether oxygens (including phenoxy) is 1. The molecule has 0 aliphatic carbocycles. The quantitative estimate of drug-likeness (QED) is 0.0596. The van der Waals surface area contributed by atoms with E-state index in [1.807, 2.05) is 140 Å². The molecule has 7 aromatic carbocycles. The molecule has 8 aromatic rings. The van der Waals surface area contributed by atoms with Gasteiger partial charge in [0.2, 0.25) is 5.90 Å². The van der Waals surface area contributed by atoms with Crippen molar-refractivity contribution in [3.05, 3.63) is 193 Å². The van der Waals surface area contributed by atoms with Crippen molar-refractivity contribution in [1.29, 1.82) is 5.41 Å². The minimum Gasteiger partial charge on any atom is -0.454 e. The minimum atomic E-state index is -0.734. The molecule has 1 aromatic heterocycles. The predicted octanol–water partition coefficient (Wildman–Crippen LogP) is 10.5.